The third-order valence-electron chi connectivity index (χ3n) is 12.8. The van der Waals surface area contributed by atoms with E-state index >= 15 is 0 Å². The summed E-state index contributed by atoms with van der Waals surface area (Å²) >= 11 is 0. The molecule has 0 aromatic carbocycles. The highest BCUT2D eigenvalue weighted by Gasteiger charge is 2.56. The SMILES string of the molecule is C=C=C(C)C[C@@H](C)CC[C@@H]1OC(CCC(O)/C=C/[C@H](C)[C@@H]2O[C@H]3CC[C@H](CC)O[C@@H]3[C@H](O[Si](C)(C)C(C)(C)C)[C@@H]2O[Si](C)(C)C(C)(C)C)CC1=C. The van der Waals surface area contributed by atoms with Crippen LogP contribution in [0.4, 0.5) is 0 Å². The van der Waals surface area contributed by atoms with Crippen molar-refractivity contribution in [1.82, 2.24) is 0 Å². The smallest absolute Gasteiger partial charge is 0.192 e. The number of aliphatic hydroxyl groups excluding tert-OH is 1. The van der Waals surface area contributed by atoms with Crippen molar-refractivity contribution in [3.63, 3.8) is 0 Å². The number of hydrogen-bond acceptors (Lipinski definition) is 6. The molecule has 3 fully saturated rings. The molecule has 3 saturated heterocycles. The highest BCUT2D eigenvalue weighted by molar-refractivity contribution is 6.74. The monoisotopic (exact) mass is 747 g/mol. The molecule has 0 saturated carbocycles. The van der Waals surface area contributed by atoms with Gasteiger partial charge in [0, 0.05) is 5.92 Å². The second kappa shape index (κ2) is 18.2. The topological polar surface area (TPSA) is 66.4 Å². The van der Waals surface area contributed by atoms with Gasteiger partial charge in [-0.25, -0.2) is 0 Å². The van der Waals surface area contributed by atoms with Crippen molar-refractivity contribution >= 4 is 16.6 Å². The maximum absolute atomic E-state index is 11.2. The quantitative estimate of drug-likeness (QED) is 0.0964. The summed E-state index contributed by atoms with van der Waals surface area (Å²) in [5, 5.41) is 11.3. The predicted molar refractivity (Wildman–Crippen MR) is 218 cm³/mol. The van der Waals surface area contributed by atoms with E-state index in [9.17, 15) is 5.11 Å². The lowest BCUT2D eigenvalue weighted by atomic mass is 9.85. The number of aliphatic hydroxyl groups is 1. The van der Waals surface area contributed by atoms with Gasteiger partial charge in [0.25, 0.3) is 0 Å². The second-order valence-corrected chi connectivity index (χ2v) is 28.9. The van der Waals surface area contributed by atoms with Gasteiger partial charge in [-0.1, -0.05) is 87.6 Å². The van der Waals surface area contributed by atoms with Gasteiger partial charge in [-0.15, -0.1) is 5.73 Å². The van der Waals surface area contributed by atoms with Crippen LogP contribution in [0.15, 0.2) is 42.2 Å². The van der Waals surface area contributed by atoms with Crippen molar-refractivity contribution in [3.8, 4) is 0 Å². The molecule has 0 spiro atoms. The van der Waals surface area contributed by atoms with Crippen LogP contribution >= 0.6 is 0 Å². The van der Waals surface area contributed by atoms with Gasteiger partial charge in [-0.05, 0) is 118 Å². The summed E-state index contributed by atoms with van der Waals surface area (Å²) in [6, 6.07) is 0. The zero-order valence-corrected chi connectivity index (χ0v) is 37.3. The Bertz CT molecular complexity index is 1210. The molecule has 3 aliphatic heterocycles. The van der Waals surface area contributed by atoms with Gasteiger partial charge in [0.1, 0.15) is 12.2 Å². The van der Waals surface area contributed by atoms with Crippen LogP contribution in [0.1, 0.15) is 127 Å². The molecule has 0 aromatic rings. The summed E-state index contributed by atoms with van der Waals surface area (Å²) < 4.78 is 35.1. The first-order valence-corrected chi connectivity index (χ1v) is 26.0. The van der Waals surface area contributed by atoms with Gasteiger partial charge in [0.2, 0.25) is 0 Å². The molecule has 3 aliphatic rings. The maximum Gasteiger partial charge on any atom is 0.192 e. The van der Waals surface area contributed by atoms with Crippen LogP contribution in [0, 0.1) is 11.8 Å². The van der Waals surface area contributed by atoms with Gasteiger partial charge < -0.3 is 28.2 Å². The molecule has 0 aromatic heterocycles. The molecule has 0 radical (unpaired) electrons. The zero-order chi connectivity index (χ0) is 38.5. The summed E-state index contributed by atoms with van der Waals surface area (Å²) in [6.07, 6.45) is 11.5. The largest absolute Gasteiger partial charge is 0.409 e. The molecule has 0 aliphatic carbocycles. The van der Waals surface area contributed by atoms with Gasteiger partial charge in [0.05, 0.1) is 42.7 Å². The zero-order valence-electron chi connectivity index (χ0n) is 35.3. The van der Waals surface area contributed by atoms with Crippen LogP contribution < -0.4 is 0 Å². The highest BCUT2D eigenvalue weighted by Crippen LogP contribution is 2.46. The Hall–Kier alpha value is -0.806. The van der Waals surface area contributed by atoms with E-state index in [0.717, 1.165) is 51.4 Å². The van der Waals surface area contributed by atoms with Crippen molar-refractivity contribution < 1.29 is 28.2 Å². The summed E-state index contributed by atoms with van der Waals surface area (Å²) in [5.74, 6) is 0.584. The number of fused-ring (bicyclic) bond motifs is 1. The molecule has 2 unspecified atom stereocenters. The van der Waals surface area contributed by atoms with E-state index in [2.05, 4.69) is 120 Å². The summed E-state index contributed by atoms with van der Waals surface area (Å²) in [7, 11) is -4.43. The van der Waals surface area contributed by atoms with Crippen molar-refractivity contribution in [2.45, 2.75) is 218 Å². The van der Waals surface area contributed by atoms with E-state index in [-0.39, 0.29) is 64.8 Å². The minimum Gasteiger partial charge on any atom is -0.409 e. The predicted octanol–water partition coefficient (Wildman–Crippen LogP) is 11.1. The molecule has 3 heterocycles. The van der Waals surface area contributed by atoms with Crippen molar-refractivity contribution in [3.05, 3.63) is 42.2 Å². The molecule has 6 nitrogen and oxygen atoms in total. The number of ether oxygens (including phenoxy) is 3. The minimum absolute atomic E-state index is 0.0123. The molecule has 8 heteroatoms. The van der Waals surface area contributed by atoms with Crippen LogP contribution in [0.25, 0.3) is 0 Å². The number of hydrogen-bond donors (Lipinski definition) is 1. The molecular formula is C43H78O6Si2. The van der Waals surface area contributed by atoms with Crippen LogP contribution in [-0.4, -0.2) is 76.7 Å². The molecule has 3 rings (SSSR count). The molecule has 1 N–H and O–H groups in total. The first-order chi connectivity index (χ1) is 23.5. The minimum atomic E-state index is -2.23. The van der Waals surface area contributed by atoms with Gasteiger partial charge in [-0.2, -0.15) is 0 Å². The Morgan fingerprint density at radius 1 is 0.902 bits per heavy atom. The van der Waals surface area contributed by atoms with E-state index in [1.54, 1.807) is 0 Å². The van der Waals surface area contributed by atoms with Crippen molar-refractivity contribution in [2.24, 2.45) is 11.8 Å². The van der Waals surface area contributed by atoms with E-state index < -0.39 is 22.7 Å². The lowest BCUT2D eigenvalue weighted by Gasteiger charge is -2.55. The highest BCUT2D eigenvalue weighted by atomic mass is 28.4. The molecule has 294 valence electrons. The lowest BCUT2D eigenvalue weighted by molar-refractivity contribution is -0.262. The van der Waals surface area contributed by atoms with E-state index in [1.165, 1.54) is 11.1 Å². The van der Waals surface area contributed by atoms with Gasteiger partial charge in [0.15, 0.2) is 16.6 Å². The standard InChI is InChI=1S/C43H78O6Si2/c1-17-29(3)27-30(4)19-25-36-32(6)28-35(45-36)23-22-33(44)21-20-31(5)38-40(48-50(13,14)42(7,8)9)41(49-51(15,16)43(10,11)12)39-37(47-38)26-24-34(18-2)46-39/h20-21,30-31,33-41,44H,1,6,18-19,22-28H2,2-5,7-16H3/b21-20+/t30-,31-,33?,34-,35?,36-,37-,38-,39-,40+,41-/m0/s1. The molecular weight excluding hydrogens is 669 g/mol. The Kier molecular flexibility index (Phi) is 15.9. The molecule has 0 amide bonds. The average Bonchev–Trinajstić information content (AvgIpc) is 3.39. The van der Waals surface area contributed by atoms with E-state index in [1.807, 2.05) is 6.08 Å². The second-order valence-electron chi connectivity index (χ2n) is 19.4. The summed E-state index contributed by atoms with van der Waals surface area (Å²) in [4.78, 5) is 0. The average molecular weight is 747 g/mol. The molecule has 51 heavy (non-hydrogen) atoms. The fourth-order valence-corrected chi connectivity index (χ4v) is 9.85. The Labute approximate surface area is 316 Å². The first kappa shape index (κ1) is 44.6. The first-order valence-electron chi connectivity index (χ1n) is 20.2. The van der Waals surface area contributed by atoms with E-state index in [0.29, 0.717) is 12.3 Å². The van der Waals surface area contributed by atoms with Crippen molar-refractivity contribution in [1.29, 1.82) is 0 Å². The Morgan fingerprint density at radius 3 is 2.08 bits per heavy atom. The Morgan fingerprint density at radius 2 is 1.51 bits per heavy atom. The van der Waals surface area contributed by atoms with Gasteiger partial charge >= 0.3 is 0 Å². The maximum atomic E-state index is 11.2. The third-order valence-corrected chi connectivity index (χ3v) is 21.8. The number of allylic oxidation sites excluding steroid dienone is 1. The van der Waals surface area contributed by atoms with Crippen LogP contribution in [0.5, 0.6) is 0 Å². The number of rotatable bonds is 16. The fourth-order valence-electron chi connectivity index (χ4n) is 7.25. The lowest BCUT2D eigenvalue weighted by Crippen LogP contribution is -2.67. The normalized spacial score (nSPS) is 31.3. The summed E-state index contributed by atoms with van der Waals surface area (Å²) in [6.45, 7) is 40.0. The molecule has 0 bridgehead atoms. The molecule has 11 atom stereocenters. The third kappa shape index (κ3) is 12.1. The van der Waals surface area contributed by atoms with Crippen LogP contribution in [0.3, 0.4) is 0 Å². The van der Waals surface area contributed by atoms with Crippen molar-refractivity contribution in [2.75, 3.05) is 0 Å². The van der Waals surface area contributed by atoms with Crippen LogP contribution in [0.2, 0.25) is 36.3 Å². The summed E-state index contributed by atoms with van der Waals surface area (Å²) in [5.41, 5.74) is 5.42. The fraction of sp³-hybridized carbons (Fsp3) is 0.837. The van der Waals surface area contributed by atoms with Crippen LogP contribution in [-0.2, 0) is 23.1 Å². The van der Waals surface area contributed by atoms with Gasteiger partial charge in [-0.3, -0.25) is 0 Å². The Balaban J connectivity index is 1.76. The van der Waals surface area contributed by atoms with E-state index in [4.69, 9.17) is 23.1 Å².